The van der Waals surface area contributed by atoms with Crippen LogP contribution in [0.4, 0.5) is 0 Å². The summed E-state index contributed by atoms with van der Waals surface area (Å²) in [5.41, 5.74) is 5.81. The number of H-pyrrole nitrogens is 1. The summed E-state index contributed by atoms with van der Waals surface area (Å²) in [6, 6.07) is 20.4. The molecule has 1 aliphatic carbocycles. The summed E-state index contributed by atoms with van der Waals surface area (Å²) >= 11 is 0. The van der Waals surface area contributed by atoms with E-state index in [4.69, 9.17) is 0 Å². The van der Waals surface area contributed by atoms with E-state index in [9.17, 15) is 4.79 Å². The van der Waals surface area contributed by atoms with Crippen molar-refractivity contribution in [2.45, 2.75) is 64.7 Å². The van der Waals surface area contributed by atoms with Crippen molar-refractivity contribution in [1.82, 2.24) is 35.1 Å². The Bertz CT molecular complexity index is 1580. The molecule has 0 bridgehead atoms. The van der Waals surface area contributed by atoms with Crippen LogP contribution in [0.1, 0.15) is 71.4 Å². The van der Waals surface area contributed by atoms with Crippen LogP contribution < -0.4 is 5.56 Å². The first-order valence-corrected chi connectivity index (χ1v) is 13.7. The molecule has 6 rings (SSSR count). The van der Waals surface area contributed by atoms with Gasteiger partial charge in [0, 0.05) is 41.9 Å². The van der Waals surface area contributed by atoms with Crippen LogP contribution in [0.2, 0.25) is 0 Å². The molecule has 1 N–H and O–H groups in total. The number of benzene rings is 2. The molecule has 0 saturated heterocycles. The maximum atomic E-state index is 13.9. The van der Waals surface area contributed by atoms with Crippen molar-refractivity contribution in [3.63, 3.8) is 0 Å². The van der Waals surface area contributed by atoms with E-state index >= 15 is 0 Å². The van der Waals surface area contributed by atoms with Crippen LogP contribution in [0.15, 0.2) is 77.9 Å². The number of hydrogen-bond acceptors (Lipinski definition) is 6. The number of aryl methyl sites for hydroxylation is 2. The number of nitrogens with zero attached hydrogens (tertiary/aromatic N) is 6. The molecular weight excluding hydrogens is 486 g/mol. The first kappa shape index (κ1) is 25.1. The van der Waals surface area contributed by atoms with Gasteiger partial charge in [-0.3, -0.25) is 14.7 Å². The van der Waals surface area contributed by atoms with Crippen LogP contribution in [-0.2, 0) is 13.1 Å². The van der Waals surface area contributed by atoms with Gasteiger partial charge in [0.15, 0.2) is 5.82 Å². The highest BCUT2D eigenvalue weighted by molar-refractivity contribution is 5.83. The predicted octanol–water partition coefficient (Wildman–Crippen LogP) is 5.43. The van der Waals surface area contributed by atoms with E-state index in [2.05, 4.69) is 61.6 Å². The number of aromatic amines is 1. The molecule has 198 valence electrons. The molecule has 1 saturated carbocycles. The summed E-state index contributed by atoms with van der Waals surface area (Å²) in [5, 5.41) is 14.2. The fraction of sp³-hybridized carbons (Fsp3) is 0.323. The van der Waals surface area contributed by atoms with Crippen LogP contribution in [0.5, 0.6) is 0 Å². The van der Waals surface area contributed by atoms with Crippen molar-refractivity contribution >= 4 is 10.9 Å². The number of aromatic nitrogens is 6. The van der Waals surface area contributed by atoms with Crippen LogP contribution in [0.3, 0.4) is 0 Å². The molecule has 0 amide bonds. The number of pyridine rings is 2. The van der Waals surface area contributed by atoms with E-state index in [1.807, 2.05) is 54.2 Å². The molecule has 39 heavy (non-hydrogen) atoms. The third kappa shape index (κ3) is 5.25. The average molecular weight is 520 g/mol. The van der Waals surface area contributed by atoms with Crippen LogP contribution >= 0.6 is 0 Å². The van der Waals surface area contributed by atoms with E-state index < -0.39 is 6.04 Å². The largest absolute Gasteiger partial charge is 0.322 e. The summed E-state index contributed by atoms with van der Waals surface area (Å²) in [4.78, 5) is 23.7. The average Bonchev–Trinajstić information content (AvgIpc) is 3.63. The fourth-order valence-corrected chi connectivity index (χ4v) is 5.96. The Hall–Kier alpha value is -4.17. The van der Waals surface area contributed by atoms with Gasteiger partial charge in [-0.25, -0.2) is 4.68 Å². The zero-order valence-corrected chi connectivity index (χ0v) is 22.4. The van der Waals surface area contributed by atoms with Gasteiger partial charge in [-0.15, -0.1) is 5.10 Å². The van der Waals surface area contributed by atoms with Gasteiger partial charge in [0.2, 0.25) is 0 Å². The molecule has 1 fully saturated rings. The van der Waals surface area contributed by atoms with E-state index in [0.29, 0.717) is 24.5 Å². The highest BCUT2D eigenvalue weighted by Gasteiger charge is 2.33. The summed E-state index contributed by atoms with van der Waals surface area (Å²) in [6.45, 7) is 5.33. The van der Waals surface area contributed by atoms with Gasteiger partial charge >= 0.3 is 0 Å². The molecule has 8 nitrogen and oxygen atoms in total. The Balaban J connectivity index is 1.55. The van der Waals surface area contributed by atoms with Gasteiger partial charge in [0.05, 0.1) is 6.04 Å². The minimum absolute atomic E-state index is 0.122. The molecule has 1 atom stereocenters. The number of tetrazole rings is 1. The molecule has 0 radical (unpaired) electrons. The van der Waals surface area contributed by atoms with Crippen LogP contribution in [-0.4, -0.2) is 35.1 Å². The normalized spacial score (nSPS) is 14.8. The zero-order chi connectivity index (χ0) is 26.8. The molecule has 8 heteroatoms. The molecular formula is C31H33N7O. The van der Waals surface area contributed by atoms with Gasteiger partial charge in [-0.05, 0) is 77.6 Å². The number of hydrogen-bond donors (Lipinski definition) is 1. The highest BCUT2D eigenvalue weighted by atomic mass is 16.1. The van der Waals surface area contributed by atoms with Crippen molar-refractivity contribution in [1.29, 1.82) is 0 Å². The molecule has 3 aromatic heterocycles. The minimum Gasteiger partial charge on any atom is -0.322 e. The molecule has 2 aromatic carbocycles. The van der Waals surface area contributed by atoms with Crippen LogP contribution in [0.25, 0.3) is 10.9 Å². The van der Waals surface area contributed by atoms with Crippen molar-refractivity contribution < 1.29 is 0 Å². The number of nitrogens with one attached hydrogen (secondary N) is 1. The lowest BCUT2D eigenvalue weighted by atomic mass is 9.99. The lowest BCUT2D eigenvalue weighted by Crippen LogP contribution is -2.35. The van der Waals surface area contributed by atoms with E-state index in [0.717, 1.165) is 58.8 Å². The Morgan fingerprint density at radius 3 is 2.54 bits per heavy atom. The molecule has 1 aliphatic rings. The van der Waals surface area contributed by atoms with Gasteiger partial charge in [-0.1, -0.05) is 55.3 Å². The van der Waals surface area contributed by atoms with Gasteiger partial charge < -0.3 is 4.98 Å². The topological polar surface area (TPSA) is 92.6 Å². The van der Waals surface area contributed by atoms with E-state index in [1.54, 1.807) is 6.20 Å². The molecule has 5 aromatic rings. The summed E-state index contributed by atoms with van der Waals surface area (Å²) in [5.74, 6) is 0.705. The SMILES string of the molecule is Cc1cc(C)c2cc([C@@H](c3nnnn3C3CCCC3)N(Cc3ccccc3)Cc3cccnc3)c(=O)[nH]c2c1. The quantitative estimate of drug-likeness (QED) is 0.294. The third-order valence-corrected chi connectivity index (χ3v) is 7.77. The lowest BCUT2D eigenvalue weighted by molar-refractivity contribution is 0.190. The van der Waals surface area contributed by atoms with E-state index in [1.165, 1.54) is 0 Å². The number of fused-ring (bicyclic) bond motifs is 1. The predicted molar refractivity (Wildman–Crippen MR) is 151 cm³/mol. The first-order chi connectivity index (χ1) is 19.1. The maximum absolute atomic E-state index is 13.9. The third-order valence-electron chi connectivity index (χ3n) is 7.77. The van der Waals surface area contributed by atoms with Gasteiger partial charge in [0.25, 0.3) is 5.56 Å². The van der Waals surface area contributed by atoms with Crippen molar-refractivity contribution in [3.05, 3.63) is 117 Å². The fourth-order valence-electron chi connectivity index (χ4n) is 5.96. The second kappa shape index (κ2) is 10.9. The standard InChI is InChI=1S/C31H33N7O/c1-21-15-22(2)26-17-27(31(39)33-28(26)16-21)29(30-34-35-36-38(30)25-12-6-7-13-25)37(19-23-9-4-3-5-10-23)20-24-11-8-14-32-18-24/h3-5,8-11,14-18,25,29H,6-7,12-13,19-20H2,1-2H3,(H,33,39)/t29-/m0/s1. The Morgan fingerprint density at radius 1 is 1.00 bits per heavy atom. The maximum Gasteiger partial charge on any atom is 0.253 e. The monoisotopic (exact) mass is 519 g/mol. The summed E-state index contributed by atoms with van der Waals surface area (Å²) < 4.78 is 1.98. The molecule has 0 spiro atoms. The second-order valence-electron chi connectivity index (χ2n) is 10.7. The molecule has 3 heterocycles. The van der Waals surface area contributed by atoms with Gasteiger partial charge in [-0.2, -0.15) is 0 Å². The summed E-state index contributed by atoms with van der Waals surface area (Å²) in [7, 11) is 0. The number of rotatable bonds is 8. The van der Waals surface area contributed by atoms with Crippen molar-refractivity contribution in [2.24, 2.45) is 0 Å². The summed E-state index contributed by atoms with van der Waals surface area (Å²) in [6.07, 6.45) is 8.06. The van der Waals surface area contributed by atoms with Crippen molar-refractivity contribution in [3.8, 4) is 0 Å². The Morgan fingerprint density at radius 2 is 1.77 bits per heavy atom. The smallest absolute Gasteiger partial charge is 0.253 e. The molecule has 0 aliphatic heterocycles. The minimum atomic E-state index is -0.463. The van der Waals surface area contributed by atoms with Crippen molar-refractivity contribution in [2.75, 3.05) is 0 Å². The Kier molecular flexibility index (Phi) is 7.02. The van der Waals surface area contributed by atoms with Crippen LogP contribution in [0, 0.1) is 13.8 Å². The van der Waals surface area contributed by atoms with Gasteiger partial charge in [0.1, 0.15) is 6.04 Å². The first-order valence-electron chi connectivity index (χ1n) is 13.7. The second-order valence-corrected chi connectivity index (χ2v) is 10.7. The zero-order valence-electron chi connectivity index (χ0n) is 22.4. The Labute approximate surface area is 227 Å². The van der Waals surface area contributed by atoms with E-state index in [-0.39, 0.29) is 11.6 Å². The highest BCUT2D eigenvalue weighted by Crippen LogP contribution is 2.35. The lowest BCUT2D eigenvalue weighted by Gasteiger charge is -2.32. The molecule has 0 unspecified atom stereocenters.